The molecule has 4 heterocycles. The van der Waals surface area contributed by atoms with Crippen LogP contribution in [0.3, 0.4) is 0 Å². The smallest absolute Gasteiger partial charge is 0.229 e. The monoisotopic (exact) mass is 577 g/mol. The van der Waals surface area contributed by atoms with E-state index in [2.05, 4.69) is 94.8 Å². The van der Waals surface area contributed by atoms with E-state index in [1.54, 1.807) is 0 Å². The van der Waals surface area contributed by atoms with Crippen LogP contribution in [0.4, 0.5) is 17.1 Å². The maximum atomic E-state index is 6.62. The summed E-state index contributed by atoms with van der Waals surface area (Å²) in [6, 6.07) is 44.3. The molecular weight excluding hydrogens is 554 g/mol. The summed E-state index contributed by atoms with van der Waals surface area (Å²) in [5.41, 5.74) is 6.59. The van der Waals surface area contributed by atoms with Crippen LogP contribution in [-0.2, 0) is 0 Å². The molecule has 10 rings (SSSR count). The molecule has 5 heteroatoms. The molecule has 0 aliphatic heterocycles. The summed E-state index contributed by atoms with van der Waals surface area (Å²) in [4.78, 5) is 11.8. The van der Waals surface area contributed by atoms with Gasteiger partial charge in [-0.05, 0) is 63.3 Å². The van der Waals surface area contributed by atoms with E-state index < -0.39 is 0 Å². The Labute approximate surface area is 256 Å². The van der Waals surface area contributed by atoms with E-state index in [0.29, 0.717) is 5.71 Å². The van der Waals surface area contributed by atoms with Crippen molar-refractivity contribution in [2.75, 3.05) is 4.90 Å². The minimum Gasteiger partial charge on any atom is -0.452 e. The Hall–Kier alpha value is -6.20. The lowest BCUT2D eigenvalue weighted by Crippen LogP contribution is -2.12. The molecule has 0 aliphatic rings. The van der Waals surface area contributed by atoms with Crippen LogP contribution < -0.4 is 4.90 Å². The molecule has 0 radical (unpaired) electrons. The van der Waals surface area contributed by atoms with Gasteiger partial charge in [-0.25, -0.2) is 4.98 Å². The lowest BCUT2D eigenvalue weighted by molar-refractivity contribution is 0.654. The number of para-hydroxylation sites is 2. The molecule has 45 heavy (non-hydrogen) atoms. The summed E-state index contributed by atoms with van der Waals surface area (Å²) in [7, 11) is 0. The number of furan rings is 2. The molecule has 6 aromatic carbocycles. The average molecular weight is 578 g/mol. The fourth-order valence-electron chi connectivity index (χ4n) is 7.00. The summed E-state index contributed by atoms with van der Waals surface area (Å²) in [5.74, 6) is 0. The number of fused-ring (bicyclic) bond motifs is 11. The van der Waals surface area contributed by atoms with Crippen LogP contribution in [0.1, 0.15) is 0 Å². The Kier molecular flexibility index (Phi) is 4.93. The number of rotatable bonds is 3. The second kappa shape index (κ2) is 9.15. The molecule has 0 N–H and O–H groups in total. The topological polar surface area (TPSA) is 55.3 Å². The molecule has 5 nitrogen and oxygen atoms in total. The highest BCUT2D eigenvalue weighted by molar-refractivity contribution is 6.23. The fraction of sp³-hybridized carbons (Fsp3) is 0. The summed E-state index contributed by atoms with van der Waals surface area (Å²) >= 11 is 0. The predicted molar refractivity (Wildman–Crippen MR) is 184 cm³/mol. The molecule has 10 aromatic rings. The molecule has 0 atom stereocenters. The van der Waals surface area contributed by atoms with E-state index in [0.717, 1.165) is 60.9 Å². The highest BCUT2D eigenvalue weighted by atomic mass is 16.3. The van der Waals surface area contributed by atoms with Gasteiger partial charge in [0.2, 0.25) is 5.71 Å². The Balaban J connectivity index is 1.41. The number of nitrogens with zero attached hydrogens (tertiary/aromatic N) is 3. The quantitative estimate of drug-likeness (QED) is 0.196. The second-order valence-corrected chi connectivity index (χ2v) is 11.4. The number of anilines is 3. The Morgan fingerprint density at radius 3 is 1.96 bits per heavy atom. The normalized spacial score (nSPS) is 12.0. The van der Waals surface area contributed by atoms with Crippen molar-refractivity contribution in [1.82, 2.24) is 9.97 Å². The van der Waals surface area contributed by atoms with E-state index >= 15 is 0 Å². The van der Waals surface area contributed by atoms with Crippen LogP contribution in [0.15, 0.2) is 149 Å². The van der Waals surface area contributed by atoms with Gasteiger partial charge in [0, 0.05) is 28.6 Å². The van der Waals surface area contributed by atoms with Gasteiger partial charge in [-0.3, -0.25) is 4.98 Å². The van der Waals surface area contributed by atoms with Gasteiger partial charge >= 0.3 is 0 Å². The minimum absolute atomic E-state index is 0.587. The first-order valence-electron chi connectivity index (χ1n) is 15.0. The van der Waals surface area contributed by atoms with Gasteiger partial charge in [0.25, 0.3) is 0 Å². The van der Waals surface area contributed by atoms with Gasteiger partial charge in [-0.2, -0.15) is 0 Å². The molecular formula is C40H23N3O2. The van der Waals surface area contributed by atoms with E-state index in [4.69, 9.17) is 13.8 Å². The largest absolute Gasteiger partial charge is 0.452 e. The average Bonchev–Trinajstić information content (AvgIpc) is 3.68. The Morgan fingerprint density at radius 2 is 1.09 bits per heavy atom. The predicted octanol–water partition coefficient (Wildman–Crippen LogP) is 11.2. The molecule has 0 aliphatic carbocycles. The van der Waals surface area contributed by atoms with Gasteiger partial charge in [-0.1, -0.05) is 91.0 Å². The third kappa shape index (κ3) is 3.43. The molecule has 0 saturated heterocycles. The molecule has 0 fully saturated rings. The summed E-state index contributed by atoms with van der Waals surface area (Å²) in [6.45, 7) is 0. The molecule has 210 valence electrons. The van der Waals surface area contributed by atoms with Crippen LogP contribution in [0.2, 0.25) is 0 Å². The number of aromatic nitrogens is 2. The first-order valence-corrected chi connectivity index (χ1v) is 15.0. The van der Waals surface area contributed by atoms with E-state index in [9.17, 15) is 0 Å². The first kappa shape index (κ1) is 24.3. The highest BCUT2D eigenvalue weighted by Gasteiger charge is 2.26. The molecule has 0 spiro atoms. The second-order valence-electron chi connectivity index (χ2n) is 11.4. The number of hydrogen-bond donors (Lipinski definition) is 0. The fourth-order valence-corrected chi connectivity index (χ4v) is 7.00. The third-order valence-electron chi connectivity index (χ3n) is 8.96. The summed E-state index contributed by atoms with van der Waals surface area (Å²) in [6.07, 6.45) is 3.69. The minimum atomic E-state index is 0.587. The highest BCUT2D eigenvalue weighted by Crippen LogP contribution is 2.48. The molecule has 0 amide bonds. The Morgan fingerprint density at radius 1 is 0.444 bits per heavy atom. The van der Waals surface area contributed by atoms with Gasteiger partial charge in [0.05, 0.1) is 22.4 Å². The van der Waals surface area contributed by atoms with E-state index in [1.165, 1.54) is 26.9 Å². The van der Waals surface area contributed by atoms with Gasteiger partial charge in [0.1, 0.15) is 16.7 Å². The summed E-state index contributed by atoms with van der Waals surface area (Å²) < 4.78 is 12.9. The third-order valence-corrected chi connectivity index (χ3v) is 8.96. The summed E-state index contributed by atoms with van der Waals surface area (Å²) in [5, 5.41) is 10.0. The number of hydrogen-bond acceptors (Lipinski definition) is 5. The number of pyridine rings is 2. The molecule has 0 bridgehead atoms. The van der Waals surface area contributed by atoms with Crippen molar-refractivity contribution in [1.29, 1.82) is 0 Å². The molecule has 0 saturated carbocycles. The molecule has 4 aromatic heterocycles. The van der Waals surface area contributed by atoms with Crippen molar-refractivity contribution < 1.29 is 8.83 Å². The zero-order valence-corrected chi connectivity index (χ0v) is 23.9. The number of benzene rings is 6. The first-order chi connectivity index (χ1) is 22.3. The van der Waals surface area contributed by atoms with E-state index in [-0.39, 0.29) is 0 Å². The zero-order chi connectivity index (χ0) is 29.5. The van der Waals surface area contributed by atoms with Crippen LogP contribution in [0, 0.1) is 0 Å². The van der Waals surface area contributed by atoms with Crippen molar-refractivity contribution in [2.45, 2.75) is 0 Å². The van der Waals surface area contributed by atoms with E-state index in [1.807, 2.05) is 54.9 Å². The van der Waals surface area contributed by atoms with Crippen LogP contribution in [-0.4, -0.2) is 9.97 Å². The van der Waals surface area contributed by atoms with Crippen molar-refractivity contribution in [3.05, 3.63) is 140 Å². The van der Waals surface area contributed by atoms with Crippen LogP contribution in [0.5, 0.6) is 0 Å². The van der Waals surface area contributed by atoms with Crippen LogP contribution >= 0.6 is 0 Å². The van der Waals surface area contributed by atoms with Gasteiger partial charge in [-0.15, -0.1) is 0 Å². The SMILES string of the molecule is c1ccc2c(c1)ccc1c3ccccc3c(N(c3ccnc4c3oc3ccccc34)c3ccnc4oc5ccccc5c34)cc21. The maximum Gasteiger partial charge on any atom is 0.229 e. The standard InChI is InChI=1S/C40H23N3O2/c1-2-10-25-24(9-1)17-18-27-26-11-3-4-12-28(26)34(23-31(25)27)43(32-19-22-42-40-37(32)29-13-5-7-15-35(29)45-40)33-20-21-41-38-30-14-6-8-16-36(30)44-39(33)38/h1-23H. The van der Waals surface area contributed by atoms with Crippen LogP contribution in [0.25, 0.3) is 76.5 Å². The van der Waals surface area contributed by atoms with Crippen molar-refractivity contribution in [2.24, 2.45) is 0 Å². The zero-order valence-electron chi connectivity index (χ0n) is 23.9. The van der Waals surface area contributed by atoms with Crippen molar-refractivity contribution in [3.8, 4) is 0 Å². The Bertz CT molecular complexity index is 2790. The maximum absolute atomic E-state index is 6.62. The molecule has 0 unspecified atom stereocenters. The van der Waals surface area contributed by atoms with Gasteiger partial charge < -0.3 is 13.7 Å². The van der Waals surface area contributed by atoms with Crippen molar-refractivity contribution in [3.63, 3.8) is 0 Å². The lowest BCUT2D eigenvalue weighted by atomic mass is 9.95. The lowest BCUT2D eigenvalue weighted by Gasteiger charge is -2.28. The van der Waals surface area contributed by atoms with Crippen molar-refractivity contribution >= 4 is 93.5 Å². The van der Waals surface area contributed by atoms with Gasteiger partial charge in [0.15, 0.2) is 5.58 Å².